The Labute approximate surface area is 261 Å². The molecule has 0 bridgehead atoms. The molecule has 11 heteroatoms. The fourth-order valence-corrected chi connectivity index (χ4v) is 5.09. The zero-order valence-electron chi connectivity index (χ0n) is 24.3. The van der Waals surface area contributed by atoms with Crippen molar-refractivity contribution >= 4 is 35.3 Å². The number of hydrogen-bond donors (Lipinski definition) is 3. The molecule has 3 aromatic carbocycles. The lowest BCUT2D eigenvalue weighted by molar-refractivity contribution is 0.102. The van der Waals surface area contributed by atoms with E-state index in [1.165, 1.54) is 59.3 Å². The maximum absolute atomic E-state index is 15.4. The van der Waals surface area contributed by atoms with Crippen LogP contribution in [-0.2, 0) is 0 Å². The number of ether oxygens (including phenoxy) is 2. The van der Waals surface area contributed by atoms with Crippen molar-refractivity contribution in [2.24, 2.45) is 0 Å². The van der Waals surface area contributed by atoms with Crippen LogP contribution in [0.4, 0.5) is 14.5 Å². The van der Waals surface area contributed by atoms with E-state index in [1.807, 2.05) is 36.6 Å². The summed E-state index contributed by atoms with van der Waals surface area (Å²) in [6.07, 6.45) is 7.59. The van der Waals surface area contributed by atoms with Crippen LogP contribution in [0.2, 0.25) is 0 Å². The zero-order chi connectivity index (χ0) is 31.9. The lowest BCUT2D eigenvalue weighted by Crippen LogP contribution is -2.29. The summed E-state index contributed by atoms with van der Waals surface area (Å²) in [5.41, 5.74) is 1.70. The second-order valence-electron chi connectivity index (χ2n) is 9.54. The Morgan fingerprint density at radius 2 is 1.84 bits per heavy atom. The van der Waals surface area contributed by atoms with Crippen molar-refractivity contribution in [3.63, 3.8) is 0 Å². The Hall–Kier alpha value is -5.42. The van der Waals surface area contributed by atoms with Gasteiger partial charge in [-0.2, -0.15) is 0 Å². The number of aromatic amines is 1. The van der Waals surface area contributed by atoms with Crippen molar-refractivity contribution in [3.8, 4) is 28.3 Å². The minimum atomic E-state index is -0.819. The Kier molecular flexibility index (Phi) is 9.59. The van der Waals surface area contributed by atoms with Crippen molar-refractivity contribution in [1.82, 2.24) is 9.55 Å². The number of nitrogens with zero attached hydrogens (tertiary/aromatic N) is 1. The molecular weight excluding hydrogens is 598 g/mol. The third kappa shape index (κ3) is 6.89. The van der Waals surface area contributed by atoms with Crippen LogP contribution >= 0.6 is 11.8 Å². The van der Waals surface area contributed by atoms with Crippen LogP contribution in [0.25, 0.3) is 22.6 Å². The lowest BCUT2D eigenvalue weighted by atomic mass is 10.1. The van der Waals surface area contributed by atoms with E-state index in [1.54, 1.807) is 24.9 Å². The van der Waals surface area contributed by atoms with Gasteiger partial charge in [0.2, 0.25) is 0 Å². The van der Waals surface area contributed by atoms with E-state index < -0.39 is 23.1 Å². The summed E-state index contributed by atoms with van der Waals surface area (Å²) < 4.78 is 41.5. The van der Waals surface area contributed by atoms with Crippen molar-refractivity contribution in [3.05, 3.63) is 131 Å². The van der Waals surface area contributed by atoms with Crippen molar-refractivity contribution < 1.29 is 23.0 Å². The molecule has 0 aliphatic rings. The molecule has 45 heavy (non-hydrogen) atoms. The van der Waals surface area contributed by atoms with Crippen molar-refractivity contribution in [2.75, 3.05) is 18.2 Å². The van der Waals surface area contributed by atoms with Gasteiger partial charge < -0.3 is 25.2 Å². The molecule has 0 aliphatic heterocycles. The summed E-state index contributed by atoms with van der Waals surface area (Å²) in [6, 6.07) is 20.3. The average Bonchev–Trinajstić information content (AvgIpc) is 3.53. The number of aromatic nitrogens is 2. The summed E-state index contributed by atoms with van der Waals surface area (Å²) in [5.74, 6) is -1.97. The summed E-state index contributed by atoms with van der Waals surface area (Å²) in [5, 5.41) is 10.2. The molecule has 0 saturated carbocycles. The molecule has 0 aliphatic carbocycles. The molecule has 5 rings (SSSR count). The molecule has 8 nitrogen and oxygen atoms in total. The molecule has 2 aromatic heterocycles. The molecule has 0 spiro atoms. The molecule has 0 saturated heterocycles. The van der Waals surface area contributed by atoms with Crippen LogP contribution in [0.5, 0.6) is 11.5 Å². The molecule has 0 unspecified atom stereocenters. The average molecular weight is 627 g/mol. The van der Waals surface area contributed by atoms with Gasteiger partial charge in [-0.15, -0.1) is 11.8 Å². The molecule has 1 amide bonds. The number of carbonyl (C=O) groups excluding carboxylic acids is 1. The topological polar surface area (TPSA) is 109 Å². The highest BCUT2D eigenvalue weighted by molar-refractivity contribution is 7.98. The molecule has 3 N–H and O–H groups in total. The van der Waals surface area contributed by atoms with Crippen LogP contribution in [0.3, 0.4) is 0 Å². The predicted molar refractivity (Wildman–Crippen MR) is 173 cm³/mol. The quantitative estimate of drug-likeness (QED) is 0.0797. The minimum Gasteiger partial charge on any atom is -0.493 e. The fraction of sp³-hybridized carbons (Fsp3) is 0.0882. The smallest absolute Gasteiger partial charge is 0.271 e. The number of rotatable bonds is 11. The van der Waals surface area contributed by atoms with Gasteiger partial charge in [-0.1, -0.05) is 12.1 Å². The molecule has 228 valence electrons. The van der Waals surface area contributed by atoms with Gasteiger partial charge in [0.25, 0.3) is 11.5 Å². The summed E-state index contributed by atoms with van der Waals surface area (Å²) in [7, 11) is 0. The second-order valence-corrected chi connectivity index (χ2v) is 10.4. The van der Waals surface area contributed by atoms with Gasteiger partial charge in [0.1, 0.15) is 17.1 Å². The number of benzene rings is 3. The van der Waals surface area contributed by atoms with Gasteiger partial charge in [0, 0.05) is 52.6 Å². The SMILES string of the molecule is CCOc1ccn(-c2ccc(F)cc2)c(=O)c1C(=O)Nc1ccc(O/C(=C/C=N)c2[nH]ccc2-c2cccc(SC)c2)c(F)c1. The van der Waals surface area contributed by atoms with Gasteiger partial charge in [-0.3, -0.25) is 14.2 Å². The van der Waals surface area contributed by atoms with Gasteiger partial charge >= 0.3 is 0 Å². The number of nitrogens with one attached hydrogen (secondary N) is 3. The van der Waals surface area contributed by atoms with Gasteiger partial charge in [-0.25, -0.2) is 8.78 Å². The first kappa shape index (κ1) is 31.0. The molecule has 0 fully saturated rings. The van der Waals surface area contributed by atoms with E-state index in [2.05, 4.69) is 10.3 Å². The Balaban J connectivity index is 1.41. The first-order chi connectivity index (χ1) is 21.8. The van der Waals surface area contributed by atoms with Crippen LogP contribution in [0.1, 0.15) is 23.0 Å². The van der Waals surface area contributed by atoms with Crippen LogP contribution in [0.15, 0.2) is 107 Å². The van der Waals surface area contributed by atoms with E-state index in [4.69, 9.17) is 14.9 Å². The van der Waals surface area contributed by atoms with Crippen LogP contribution < -0.4 is 20.3 Å². The highest BCUT2D eigenvalue weighted by Gasteiger charge is 2.21. The number of carbonyl (C=O) groups is 1. The lowest BCUT2D eigenvalue weighted by Gasteiger charge is -2.15. The van der Waals surface area contributed by atoms with Crippen LogP contribution in [0, 0.1) is 17.0 Å². The molecule has 0 radical (unpaired) electrons. The standard InChI is InChI=1S/C34H28F2N4O4S/c1-3-43-29-15-18-40(24-10-7-22(35)8-11-24)34(42)31(29)33(41)39-23-9-12-28(27(36)20-23)44-30(13-16-37)32-26(14-17-38-32)21-5-4-6-25(19-21)45-2/h4-20,37-38H,3H2,1-2H3,(H,39,41)/b30-13+,37-16?. The first-order valence-corrected chi connectivity index (χ1v) is 15.0. The first-order valence-electron chi connectivity index (χ1n) is 13.8. The summed E-state index contributed by atoms with van der Waals surface area (Å²) >= 11 is 1.61. The minimum absolute atomic E-state index is 0.0463. The molecule has 0 atom stereocenters. The van der Waals surface area contributed by atoms with E-state index in [-0.39, 0.29) is 35.1 Å². The van der Waals surface area contributed by atoms with Crippen molar-refractivity contribution in [1.29, 1.82) is 5.41 Å². The van der Waals surface area contributed by atoms with E-state index in [9.17, 15) is 14.0 Å². The van der Waals surface area contributed by atoms with E-state index in [0.29, 0.717) is 11.4 Å². The monoisotopic (exact) mass is 626 g/mol. The second kappa shape index (κ2) is 13.9. The van der Waals surface area contributed by atoms with E-state index in [0.717, 1.165) is 28.3 Å². The highest BCUT2D eigenvalue weighted by Crippen LogP contribution is 2.33. The van der Waals surface area contributed by atoms with Gasteiger partial charge in [-0.05, 0) is 79.4 Å². The number of H-pyrrole nitrogens is 1. The van der Waals surface area contributed by atoms with Crippen molar-refractivity contribution in [2.45, 2.75) is 11.8 Å². The molecule has 5 aromatic rings. The maximum atomic E-state index is 15.4. The van der Waals surface area contributed by atoms with Gasteiger partial charge in [0.15, 0.2) is 17.3 Å². The highest BCUT2D eigenvalue weighted by atomic mass is 32.2. The Morgan fingerprint density at radius 3 is 2.56 bits per heavy atom. The molecular formula is C34H28F2N4O4S. The largest absolute Gasteiger partial charge is 0.493 e. The number of amides is 1. The number of thioether (sulfide) groups is 1. The van der Waals surface area contributed by atoms with Gasteiger partial charge in [0.05, 0.1) is 12.3 Å². The third-order valence-corrected chi connectivity index (χ3v) is 7.43. The maximum Gasteiger partial charge on any atom is 0.271 e. The number of anilines is 1. The zero-order valence-corrected chi connectivity index (χ0v) is 25.1. The normalized spacial score (nSPS) is 11.2. The fourth-order valence-electron chi connectivity index (χ4n) is 4.63. The van der Waals surface area contributed by atoms with E-state index >= 15 is 4.39 Å². The predicted octanol–water partition coefficient (Wildman–Crippen LogP) is 7.55. The summed E-state index contributed by atoms with van der Waals surface area (Å²) in [4.78, 5) is 30.9. The summed E-state index contributed by atoms with van der Waals surface area (Å²) in [6.45, 7) is 1.90. The van der Waals surface area contributed by atoms with Crippen LogP contribution in [-0.4, -0.2) is 34.5 Å². The number of halogens is 2. The number of allylic oxidation sites excluding steroid dienone is 1. The number of hydrogen-bond acceptors (Lipinski definition) is 6. The Morgan fingerprint density at radius 1 is 1.04 bits per heavy atom. The Bertz CT molecular complexity index is 1950. The third-order valence-electron chi connectivity index (χ3n) is 6.70. The molecule has 2 heterocycles. The number of pyridine rings is 1.